The summed E-state index contributed by atoms with van der Waals surface area (Å²) in [5.41, 5.74) is 0.213. The third kappa shape index (κ3) is 5.92. The fraction of sp³-hybridized carbons (Fsp3) is 1.00. The summed E-state index contributed by atoms with van der Waals surface area (Å²) in [6.45, 7) is 7.95. The van der Waals surface area contributed by atoms with E-state index in [2.05, 4.69) is 28.0 Å². The fourth-order valence-electron chi connectivity index (χ4n) is 1.24. The highest BCUT2D eigenvalue weighted by atomic mass is 31.0. The number of hydrogen-bond donors (Lipinski definition) is 2. The maximum atomic E-state index is 9.72. The maximum Gasteiger partial charge on any atom is 0.0726 e. The van der Waals surface area contributed by atoms with Crippen molar-refractivity contribution in [3.63, 3.8) is 0 Å². The van der Waals surface area contributed by atoms with Gasteiger partial charge in [-0.3, -0.25) is 4.90 Å². The minimum atomic E-state index is -0.305. The van der Waals surface area contributed by atoms with Crippen LogP contribution >= 0.6 is 9.24 Å². The summed E-state index contributed by atoms with van der Waals surface area (Å²) in [7, 11) is 2.62. The van der Waals surface area contributed by atoms with Gasteiger partial charge in [-0.15, -0.1) is 9.24 Å². The van der Waals surface area contributed by atoms with Crippen molar-refractivity contribution in [3.05, 3.63) is 0 Å². The van der Waals surface area contributed by atoms with Gasteiger partial charge in [0.2, 0.25) is 0 Å². The summed E-state index contributed by atoms with van der Waals surface area (Å²) in [4.78, 5) is 2.20. The van der Waals surface area contributed by atoms with Crippen LogP contribution in [-0.2, 0) is 0 Å². The Morgan fingerprint density at radius 3 is 2.21 bits per heavy atom. The molecular weight excluding hydrogens is 197 g/mol. The molecule has 86 valence electrons. The van der Waals surface area contributed by atoms with Crippen LogP contribution in [0.5, 0.6) is 0 Å². The van der Waals surface area contributed by atoms with E-state index in [9.17, 15) is 5.11 Å². The second-order valence-electron chi connectivity index (χ2n) is 4.09. The zero-order valence-electron chi connectivity index (χ0n) is 9.48. The highest BCUT2D eigenvalue weighted by Crippen LogP contribution is 2.09. The molecule has 0 aromatic carbocycles. The average Bonchev–Trinajstić information content (AvgIpc) is 2.10. The van der Waals surface area contributed by atoms with E-state index in [-0.39, 0.29) is 18.4 Å². The maximum absolute atomic E-state index is 9.72. The lowest BCUT2D eigenvalue weighted by Crippen LogP contribution is -2.41. The molecule has 3 nitrogen and oxygen atoms in total. The number of nitrogens with zero attached hydrogens (tertiary/aromatic N) is 1. The monoisotopic (exact) mass is 221 g/mol. The predicted octanol–water partition coefficient (Wildman–Crippen LogP) is 0.704. The lowest BCUT2D eigenvalue weighted by molar-refractivity contribution is 0.0910. The van der Waals surface area contributed by atoms with Gasteiger partial charge in [0.15, 0.2) is 0 Å². The molecule has 0 aliphatic rings. The molecule has 0 aliphatic carbocycles. The zero-order valence-corrected chi connectivity index (χ0v) is 10.6. The van der Waals surface area contributed by atoms with Crippen LogP contribution in [0.2, 0.25) is 0 Å². The van der Waals surface area contributed by atoms with E-state index >= 15 is 0 Å². The van der Waals surface area contributed by atoms with Crippen LogP contribution in [0.4, 0.5) is 0 Å². The Balaban J connectivity index is 3.95. The summed E-state index contributed by atoms with van der Waals surface area (Å²) in [5.74, 6) is 0. The molecule has 3 unspecified atom stereocenters. The molecule has 0 heterocycles. The van der Waals surface area contributed by atoms with Crippen LogP contribution in [0.15, 0.2) is 0 Å². The van der Waals surface area contributed by atoms with Crippen molar-refractivity contribution in [2.24, 2.45) is 0 Å². The molecule has 4 heteroatoms. The first-order chi connectivity index (χ1) is 6.49. The van der Waals surface area contributed by atoms with Crippen molar-refractivity contribution in [2.75, 3.05) is 19.7 Å². The van der Waals surface area contributed by atoms with Gasteiger partial charge in [0, 0.05) is 25.7 Å². The van der Waals surface area contributed by atoms with Crippen molar-refractivity contribution < 1.29 is 10.2 Å². The standard InChI is InChI=1S/C10H24NO2P/c1-8(2)11(5-4-6-12)7-10(13)9(3)14/h8-10,12-13H,4-7,14H2,1-3H3. The van der Waals surface area contributed by atoms with Gasteiger partial charge >= 0.3 is 0 Å². The molecule has 0 saturated carbocycles. The molecule has 0 saturated heterocycles. The highest BCUT2D eigenvalue weighted by Gasteiger charge is 2.16. The van der Waals surface area contributed by atoms with E-state index in [4.69, 9.17) is 5.11 Å². The van der Waals surface area contributed by atoms with Crippen molar-refractivity contribution in [2.45, 2.75) is 45.0 Å². The molecule has 0 radical (unpaired) electrons. The number of aliphatic hydroxyl groups excluding tert-OH is 2. The van der Waals surface area contributed by atoms with E-state index in [1.165, 1.54) is 0 Å². The molecule has 0 rings (SSSR count). The Morgan fingerprint density at radius 2 is 1.86 bits per heavy atom. The minimum absolute atomic E-state index is 0.213. The summed E-state index contributed by atoms with van der Waals surface area (Å²) in [5, 5.41) is 18.5. The van der Waals surface area contributed by atoms with Crippen LogP contribution < -0.4 is 0 Å². The Labute approximate surface area is 89.7 Å². The lowest BCUT2D eigenvalue weighted by atomic mass is 10.2. The van der Waals surface area contributed by atoms with Gasteiger partial charge in [-0.25, -0.2) is 0 Å². The molecule has 0 fully saturated rings. The van der Waals surface area contributed by atoms with Crippen LogP contribution in [-0.4, -0.2) is 52.6 Å². The Bertz CT molecular complexity index is 142. The normalized spacial score (nSPS) is 16.3. The highest BCUT2D eigenvalue weighted by molar-refractivity contribution is 7.17. The summed E-state index contributed by atoms with van der Waals surface area (Å²) >= 11 is 0. The van der Waals surface area contributed by atoms with Crippen molar-refractivity contribution in [1.29, 1.82) is 0 Å². The van der Waals surface area contributed by atoms with Crippen LogP contribution in [0.1, 0.15) is 27.2 Å². The Kier molecular flexibility index (Phi) is 7.75. The summed E-state index contributed by atoms with van der Waals surface area (Å²) in [6, 6.07) is 0.417. The van der Waals surface area contributed by atoms with Gasteiger partial charge < -0.3 is 10.2 Å². The van der Waals surface area contributed by atoms with E-state index in [0.29, 0.717) is 12.6 Å². The molecule has 0 aromatic heterocycles. The lowest BCUT2D eigenvalue weighted by Gasteiger charge is -2.29. The molecule has 0 spiro atoms. The first kappa shape index (κ1) is 14.3. The topological polar surface area (TPSA) is 43.7 Å². The average molecular weight is 221 g/mol. The molecule has 2 N–H and O–H groups in total. The molecule has 0 amide bonds. The third-order valence-electron chi connectivity index (χ3n) is 2.36. The Morgan fingerprint density at radius 1 is 1.29 bits per heavy atom. The second kappa shape index (κ2) is 7.58. The number of rotatable bonds is 7. The van der Waals surface area contributed by atoms with Gasteiger partial charge in [0.1, 0.15) is 0 Å². The van der Waals surface area contributed by atoms with Gasteiger partial charge in [0.25, 0.3) is 0 Å². The Hall–Kier alpha value is 0.310. The summed E-state index contributed by atoms with van der Waals surface area (Å²) in [6.07, 6.45) is 0.469. The largest absolute Gasteiger partial charge is 0.396 e. The number of hydrogen-bond acceptors (Lipinski definition) is 3. The number of aliphatic hydroxyl groups is 2. The quantitative estimate of drug-likeness (QED) is 0.622. The minimum Gasteiger partial charge on any atom is -0.396 e. The molecule has 0 aliphatic heterocycles. The van der Waals surface area contributed by atoms with E-state index in [1.54, 1.807) is 0 Å². The van der Waals surface area contributed by atoms with E-state index < -0.39 is 0 Å². The summed E-state index contributed by atoms with van der Waals surface area (Å²) < 4.78 is 0. The van der Waals surface area contributed by atoms with Crippen molar-refractivity contribution >= 4 is 9.24 Å². The molecular formula is C10H24NO2P. The van der Waals surface area contributed by atoms with Crippen molar-refractivity contribution in [1.82, 2.24) is 4.90 Å². The van der Waals surface area contributed by atoms with Gasteiger partial charge in [-0.05, 0) is 25.9 Å². The third-order valence-corrected chi connectivity index (χ3v) is 2.81. The van der Waals surface area contributed by atoms with Crippen LogP contribution in [0, 0.1) is 0 Å². The smallest absolute Gasteiger partial charge is 0.0726 e. The van der Waals surface area contributed by atoms with E-state index in [1.807, 2.05) is 6.92 Å². The van der Waals surface area contributed by atoms with E-state index in [0.717, 1.165) is 13.0 Å². The second-order valence-corrected chi connectivity index (χ2v) is 5.14. The van der Waals surface area contributed by atoms with Crippen LogP contribution in [0.3, 0.4) is 0 Å². The van der Waals surface area contributed by atoms with Gasteiger partial charge in [-0.2, -0.15) is 0 Å². The fourth-order valence-corrected chi connectivity index (χ4v) is 1.36. The SMILES string of the molecule is CC(P)C(O)CN(CCCO)C(C)C. The molecule has 0 bridgehead atoms. The van der Waals surface area contributed by atoms with Crippen molar-refractivity contribution in [3.8, 4) is 0 Å². The molecule has 14 heavy (non-hydrogen) atoms. The predicted molar refractivity (Wildman–Crippen MR) is 63.6 cm³/mol. The first-order valence-electron chi connectivity index (χ1n) is 5.27. The first-order valence-corrected chi connectivity index (χ1v) is 5.94. The van der Waals surface area contributed by atoms with Gasteiger partial charge in [-0.1, -0.05) is 6.92 Å². The van der Waals surface area contributed by atoms with Gasteiger partial charge in [0.05, 0.1) is 6.10 Å². The van der Waals surface area contributed by atoms with Crippen LogP contribution in [0.25, 0.3) is 0 Å². The molecule has 0 aromatic rings. The molecule has 3 atom stereocenters. The zero-order chi connectivity index (χ0) is 11.1.